The molecule has 5 heteroatoms. The van der Waals surface area contributed by atoms with Crippen molar-refractivity contribution in [2.24, 2.45) is 0 Å². The maximum absolute atomic E-state index is 9.05. The highest BCUT2D eigenvalue weighted by Crippen LogP contribution is 2.17. The number of rotatable bonds is 6. The summed E-state index contributed by atoms with van der Waals surface area (Å²) in [5.41, 5.74) is 1.64. The highest BCUT2D eigenvalue weighted by molar-refractivity contribution is 5.74. The predicted molar refractivity (Wildman–Crippen MR) is 67.0 cm³/mol. The second-order valence-corrected chi connectivity index (χ2v) is 3.97. The Labute approximate surface area is 99.8 Å². The van der Waals surface area contributed by atoms with Crippen LogP contribution in [-0.2, 0) is 0 Å². The summed E-state index contributed by atoms with van der Waals surface area (Å²) in [6.45, 7) is 3.81. The summed E-state index contributed by atoms with van der Waals surface area (Å²) < 4.78 is 5.50. The fraction of sp³-hybridized carbons (Fsp3) is 0.417. The van der Waals surface area contributed by atoms with Gasteiger partial charge in [-0.05, 0) is 19.1 Å². The summed E-state index contributed by atoms with van der Waals surface area (Å²) in [5.74, 6) is 0. The highest BCUT2D eigenvalue weighted by Gasteiger charge is 2.03. The molecule has 17 heavy (non-hydrogen) atoms. The zero-order chi connectivity index (χ0) is 12.1. The van der Waals surface area contributed by atoms with E-state index in [1.807, 2.05) is 24.3 Å². The molecule has 1 atom stereocenters. The molecule has 0 spiro atoms. The van der Waals surface area contributed by atoms with Crippen LogP contribution in [0.5, 0.6) is 0 Å². The zero-order valence-corrected chi connectivity index (χ0v) is 9.81. The van der Waals surface area contributed by atoms with E-state index in [4.69, 9.17) is 9.52 Å². The molecule has 92 valence electrons. The smallest absolute Gasteiger partial charge is 0.295 e. The first-order valence-electron chi connectivity index (χ1n) is 5.74. The molecule has 5 nitrogen and oxygen atoms in total. The molecule has 2 aromatic rings. The third-order valence-corrected chi connectivity index (χ3v) is 2.31. The molecule has 3 N–H and O–H groups in total. The lowest BCUT2D eigenvalue weighted by Gasteiger charge is -2.06. The highest BCUT2D eigenvalue weighted by atomic mass is 16.4. The number of hydrogen-bond acceptors (Lipinski definition) is 5. The van der Waals surface area contributed by atoms with E-state index >= 15 is 0 Å². The number of nitrogens with zero attached hydrogens (tertiary/aromatic N) is 1. The molecule has 0 amide bonds. The molecule has 0 radical (unpaired) electrons. The van der Waals surface area contributed by atoms with E-state index in [-0.39, 0.29) is 6.10 Å². The topological polar surface area (TPSA) is 70.3 Å². The third-order valence-electron chi connectivity index (χ3n) is 2.31. The van der Waals surface area contributed by atoms with Crippen LogP contribution in [-0.4, -0.2) is 35.8 Å². The van der Waals surface area contributed by atoms with Crippen molar-refractivity contribution in [3.63, 3.8) is 0 Å². The van der Waals surface area contributed by atoms with Gasteiger partial charge in [0.25, 0.3) is 6.01 Å². The lowest BCUT2D eigenvalue weighted by Crippen LogP contribution is -2.28. The first kappa shape index (κ1) is 11.9. The van der Waals surface area contributed by atoms with E-state index in [9.17, 15) is 0 Å². The second kappa shape index (κ2) is 5.65. The normalized spacial score (nSPS) is 12.8. The number of fused-ring (bicyclic) bond motifs is 1. The van der Waals surface area contributed by atoms with Crippen LogP contribution in [0.15, 0.2) is 28.7 Å². The van der Waals surface area contributed by atoms with Gasteiger partial charge in [-0.3, -0.25) is 0 Å². The number of para-hydroxylation sites is 2. The van der Waals surface area contributed by atoms with Gasteiger partial charge in [0.2, 0.25) is 0 Å². The first-order chi connectivity index (χ1) is 8.25. The molecule has 0 aliphatic heterocycles. The van der Waals surface area contributed by atoms with E-state index in [0.717, 1.165) is 17.6 Å². The summed E-state index contributed by atoms with van der Waals surface area (Å²) in [4.78, 5) is 4.29. The molecule has 0 aliphatic carbocycles. The Morgan fingerprint density at radius 1 is 1.35 bits per heavy atom. The van der Waals surface area contributed by atoms with E-state index in [1.165, 1.54) is 0 Å². The van der Waals surface area contributed by atoms with E-state index < -0.39 is 0 Å². The Balaban J connectivity index is 1.79. The van der Waals surface area contributed by atoms with Gasteiger partial charge in [-0.25, -0.2) is 0 Å². The number of hydrogen-bond donors (Lipinski definition) is 3. The Hall–Kier alpha value is -1.59. The van der Waals surface area contributed by atoms with Crippen LogP contribution in [0.2, 0.25) is 0 Å². The van der Waals surface area contributed by atoms with Crippen molar-refractivity contribution in [1.82, 2.24) is 10.3 Å². The van der Waals surface area contributed by atoms with Gasteiger partial charge in [0.1, 0.15) is 5.52 Å². The van der Waals surface area contributed by atoms with Crippen molar-refractivity contribution in [2.45, 2.75) is 13.0 Å². The maximum atomic E-state index is 9.05. The van der Waals surface area contributed by atoms with Crippen LogP contribution >= 0.6 is 0 Å². The Morgan fingerprint density at radius 3 is 2.94 bits per heavy atom. The van der Waals surface area contributed by atoms with Crippen LogP contribution in [0.4, 0.5) is 6.01 Å². The summed E-state index contributed by atoms with van der Waals surface area (Å²) in [6.07, 6.45) is -0.320. The lowest BCUT2D eigenvalue weighted by atomic mass is 10.3. The monoisotopic (exact) mass is 235 g/mol. The molecule has 0 fully saturated rings. The van der Waals surface area contributed by atoms with Crippen LogP contribution in [0.25, 0.3) is 11.1 Å². The van der Waals surface area contributed by atoms with Gasteiger partial charge in [0.15, 0.2) is 5.58 Å². The van der Waals surface area contributed by atoms with Crippen molar-refractivity contribution < 1.29 is 9.52 Å². The van der Waals surface area contributed by atoms with Gasteiger partial charge in [0, 0.05) is 19.6 Å². The van der Waals surface area contributed by atoms with Gasteiger partial charge in [-0.2, -0.15) is 4.98 Å². The molecule has 0 aliphatic rings. The van der Waals surface area contributed by atoms with Crippen molar-refractivity contribution in [3.05, 3.63) is 24.3 Å². The Bertz CT molecular complexity index is 434. The molecule has 0 saturated carbocycles. The zero-order valence-electron chi connectivity index (χ0n) is 9.81. The number of nitrogens with one attached hydrogen (secondary N) is 2. The standard InChI is InChI=1S/C12H17N3O2/c1-9(16)8-13-6-7-14-12-15-10-4-2-3-5-11(10)17-12/h2-5,9,13,16H,6-8H2,1H3,(H,14,15). The summed E-state index contributed by atoms with van der Waals surface area (Å²) >= 11 is 0. The molecular formula is C12H17N3O2. The molecule has 0 bridgehead atoms. The van der Waals surface area contributed by atoms with Crippen LogP contribution in [0, 0.1) is 0 Å². The van der Waals surface area contributed by atoms with Crippen LogP contribution in [0.1, 0.15) is 6.92 Å². The number of anilines is 1. The summed E-state index contributed by atoms with van der Waals surface area (Å²) in [6, 6.07) is 8.18. The fourth-order valence-corrected chi connectivity index (χ4v) is 1.52. The molecule has 1 aromatic carbocycles. The van der Waals surface area contributed by atoms with E-state index in [1.54, 1.807) is 6.92 Å². The van der Waals surface area contributed by atoms with Crippen molar-refractivity contribution in [1.29, 1.82) is 0 Å². The largest absolute Gasteiger partial charge is 0.424 e. The molecule has 1 heterocycles. The van der Waals surface area contributed by atoms with Gasteiger partial charge in [-0.15, -0.1) is 0 Å². The second-order valence-electron chi connectivity index (χ2n) is 3.97. The predicted octanol–water partition coefficient (Wildman–Crippen LogP) is 1.21. The fourth-order valence-electron chi connectivity index (χ4n) is 1.52. The molecule has 2 rings (SSSR count). The minimum absolute atomic E-state index is 0.320. The lowest BCUT2D eigenvalue weighted by molar-refractivity contribution is 0.192. The molecule has 1 aromatic heterocycles. The van der Waals surface area contributed by atoms with Crippen molar-refractivity contribution in [3.8, 4) is 0 Å². The first-order valence-corrected chi connectivity index (χ1v) is 5.74. The third kappa shape index (κ3) is 3.44. The number of benzene rings is 1. The van der Waals surface area contributed by atoms with E-state index in [0.29, 0.717) is 19.1 Å². The number of aliphatic hydroxyl groups excluding tert-OH is 1. The Kier molecular flexibility index (Phi) is 3.95. The van der Waals surface area contributed by atoms with Gasteiger partial charge in [0.05, 0.1) is 6.10 Å². The van der Waals surface area contributed by atoms with Crippen molar-refractivity contribution >= 4 is 17.1 Å². The van der Waals surface area contributed by atoms with Crippen LogP contribution < -0.4 is 10.6 Å². The van der Waals surface area contributed by atoms with E-state index in [2.05, 4.69) is 15.6 Å². The minimum Gasteiger partial charge on any atom is -0.424 e. The number of aliphatic hydroxyl groups is 1. The number of aromatic nitrogens is 1. The number of oxazole rings is 1. The van der Waals surface area contributed by atoms with Crippen LogP contribution in [0.3, 0.4) is 0 Å². The maximum Gasteiger partial charge on any atom is 0.295 e. The summed E-state index contributed by atoms with van der Waals surface area (Å²) in [7, 11) is 0. The molecule has 0 saturated heterocycles. The SMILES string of the molecule is CC(O)CNCCNc1nc2ccccc2o1. The molecular weight excluding hydrogens is 218 g/mol. The average Bonchev–Trinajstić information content (AvgIpc) is 2.70. The van der Waals surface area contributed by atoms with Gasteiger partial charge >= 0.3 is 0 Å². The Morgan fingerprint density at radius 2 is 2.18 bits per heavy atom. The summed E-state index contributed by atoms with van der Waals surface area (Å²) in [5, 5.41) is 15.2. The van der Waals surface area contributed by atoms with Gasteiger partial charge < -0.3 is 20.2 Å². The average molecular weight is 235 g/mol. The molecule has 1 unspecified atom stereocenters. The minimum atomic E-state index is -0.320. The quantitative estimate of drug-likeness (QED) is 0.656. The van der Waals surface area contributed by atoms with Crippen molar-refractivity contribution in [2.75, 3.05) is 25.0 Å². The van der Waals surface area contributed by atoms with Gasteiger partial charge in [-0.1, -0.05) is 12.1 Å².